The first kappa shape index (κ1) is 16.3. The molecule has 20 heavy (non-hydrogen) atoms. The molecule has 0 aliphatic heterocycles. The molecule has 0 aliphatic carbocycles. The highest BCUT2D eigenvalue weighted by Crippen LogP contribution is 2.27. The highest BCUT2D eigenvalue weighted by molar-refractivity contribution is 5.77. The fraction of sp³-hybridized carbons (Fsp3) is 0.500. The average Bonchev–Trinajstić information content (AvgIpc) is 2.44. The van der Waals surface area contributed by atoms with Gasteiger partial charge in [0.25, 0.3) is 5.91 Å². The summed E-state index contributed by atoms with van der Waals surface area (Å²) in [5.74, 6) is 0.769. The molecule has 1 aromatic rings. The molecule has 0 heterocycles. The van der Waals surface area contributed by atoms with Crippen molar-refractivity contribution in [1.82, 2.24) is 5.32 Å². The number of hydrogen-bond donors (Lipinski definition) is 2. The van der Waals surface area contributed by atoms with E-state index in [1.807, 2.05) is 19.1 Å². The van der Waals surface area contributed by atoms with Crippen LogP contribution in [0.1, 0.15) is 5.56 Å². The Bertz CT molecular complexity index is 436. The molecule has 0 aliphatic rings. The molecular weight excluding hydrogens is 262 g/mol. The topological polar surface area (TPSA) is 77.0 Å². The number of carbonyl (C=O) groups is 1. The normalized spacial score (nSPS) is 11.8. The van der Waals surface area contributed by atoms with E-state index in [2.05, 4.69) is 5.32 Å². The zero-order valence-corrected chi connectivity index (χ0v) is 12.0. The summed E-state index contributed by atoms with van der Waals surface area (Å²) in [4.78, 5) is 11.6. The Labute approximate surface area is 118 Å². The Balaban J connectivity index is 2.41. The third-order valence-corrected chi connectivity index (χ3v) is 2.57. The van der Waals surface area contributed by atoms with E-state index < -0.39 is 6.10 Å². The largest absolute Gasteiger partial charge is 0.493 e. The van der Waals surface area contributed by atoms with E-state index in [0.717, 1.165) is 5.56 Å². The Morgan fingerprint density at radius 3 is 2.75 bits per heavy atom. The summed E-state index contributed by atoms with van der Waals surface area (Å²) in [5, 5.41) is 11.9. The van der Waals surface area contributed by atoms with Crippen LogP contribution >= 0.6 is 0 Å². The molecule has 1 atom stereocenters. The molecule has 0 saturated carbocycles. The third kappa shape index (κ3) is 5.46. The second kappa shape index (κ2) is 8.39. The number of amides is 1. The van der Waals surface area contributed by atoms with Gasteiger partial charge in [0.15, 0.2) is 18.1 Å². The lowest BCUT2D eigenvalue weighted by Crippen LogP contribution is -2.37. The van der Waals surface area contributed by atoms with Crippen LogP contribution in [0.5, 0.6) is 11.5 Å². The van der Waals surface area contributed by atoms with Gasteiger partial charge in [0.1, 0.15) is 0 Å². The first-order valence-corrected chi connectivity index (χ1v) is 6.28. The van der Waals surface area contributed by atoms with Gasteiger partial charge in [0.2, 0.25) is 0 Å². The van der Waals surface area contributed by atoms with Gasteiger partial charge in [-0.05, 0) is 24.6 Å². The number of carbonyl (C=O) groups excluding carboxylic acids is 1. The smallest absolute Gasteiger partial charge is 0.258 e. The molecule has 0 radical (unpaired) electrons. The summed E-state index contributed by atoms with van der Waals surface area (Å²) in [6, 6.07) is 5.45. The van der Waals surface area contributed by atoms with Crippen molar-refractivity contribution >= 4 is 5.91 Å². The Kier molecular flexibility index (Phi) is 6.83. The van der Waals surface area contributed by atoms with Gasteiger partial charge in [-0.15, -0.1) is 0 Å². The van der Waals surface area contributed by atoms with E-state index in [4.69, 9.17) is 14.2 Å². The zero-order chi connectivity index (χ0) is 15.0. The SMILES string of the molecule is COCC(O)CNC(=O)COc1ccc(C)cc1OC. The lowest BCUT2D eigenvalue weighted by Gasteiger charge is -2.13. The summed E-state index contributed by atoms with van der Waals surface area (Å²) in [5.41, 5.74) is 1.04. The molecular formula is C14H21NO5. The number of hydrogen-bond acceptors (Lipinski definition) is 5. The van der Waals surface area contributed by atoms with Crippen molar-refractivity contribution in [2.45, 2.75) is 13.0 Å². The molecule has 1 rings (SSSR count). The molecule has 112 valence electrons. The number of benzene rings is 1. The third-order valence-electron chi connectivity index (χ3n) is 2.57. The molecule has 0 spiro atoms. The standard InChI is InChI=1S/C14H21NO5/c1-10-4-5-12(13(6-10)19-3)20-9-14(17)15-7-11(16)8-18-2/h4-6,11,16H,7-9H2,1-3H3,(H,15,17). The van der Waals surface area contributed by atoms with Gasteiger partial charge in [0, 0.05) is 13.7 Å². The molecule has 6 nitrogen and oxygen atoms in total. The highest BCUT2D eigenvalue weighted by atomic mass is 16.5. The lowest BCUT2D eigenvalue weighted by atomic mass is 10.2. The predicted octanol–water partition coefficient (Wildman–Crippen LogP) is 0.506. The molecule has 0 bridgehead atoms. The summed E-state index contributed by atoms with van der Waals surface area (Å²) in [6.45, 7) is 2.10. The Morgan fingerprint density at radius 2 is 2.10 bits per heavy atom. The van der Waals surface area contributed by atoms with E-state index in [1.165, 1.54) is 7.11 Å². The highest BCUT2D eigenvalue weighted by Gasteiger charge is 2.09. The Morgan fingerprint density at radius 1 is 1.35 bits per heavy atom. The molecule has 0 saturated heterocycles. The van der Waals surface area contributed by atoms with Crippen LogP contribution in [0.15, 0.2) is 18.2 Å². The summed E-state index contributed by atoms with van der Waals surface area (Å²) < 4.78 is 15.3. The van der Waals surface area contributed by atoms with Crippen LogP contribution in [0.2, 0.25) is 0 Å². The van der Waals surface area contributed by atoms with Crippen molar-refractivity contribution in [2.24, 2.45) is 0 Å². The van der Waals surface area contributed by atoms with Crippen LogP contribution in [0.25, 0.3) is 0 Å². The van der Waals surface area contributed by atoms with E-state index in [1.54, 1.807) is 13.2 Å². The van der Waals surface area contributed by atoms with Crippen LogP contribution in [0.4, 0.5) is 0 Å². The number of nitrogens with one attached hydrogen (secondary N) is 1. The average molecular weight is 283 g/mol. The quantitative estimate of drug-likeness (QED) is 0.727. The fourth-order valence-corrected chi connectivity index (χ4v) is 1.57. The molecule has 1 aromatic carbocycles. The maximum Gasteiger partial charge on any atom is 0.258 e. The first-order chi connectivity index (χ1) is 9.56. The van der Waals surface area contributed by atoms with Gasteiger partial charge in [-0.3, -0.25) is 4.79 Å². The minimum absolute atomic E-state index is 0.126. The van der Waals surface area contributed by atoms with Crippen molar-refractivity contribution in [3.63, 3.8) is 0 Å². The summed E-state index contributed by atoms with van der Waals surface area (Å²) in [7, 11) is 3.03. The van der Waals surface area contributed by atoms with Gasteiger partial charge in [-0.1, -0.05) is 6.07 Å². The van der Waals surface area contributed by atoms with E-state index in [0.29, 0.717) is 11.5 Å². The van der Waals surface area contributed by atoms with E-state index in [-0.39, 0.29) is 25.7 Å². The van der Waals surface area contributed by atoms with Gasteiger partial charge in [-0.2, -0.15) is 0 Å². The zero-order valence-electron chi connectivity index (χ0n) is 12.0. The summed E-state index contributed by atoms with van der Waals surface area (Å²) >= 11 is 0. The molecule has 6 heteroatoms. The monoisotopic (exact) mass is 283 g/mol. The van der Waals surface area contributed by atoms with Gasteiger partial charge < -0.3 is 24.6 Å². The lowest BCUT2D eigenvalue weighted by molar-refractivity contribution is -0.123. The number of aliphatic hydroxyl groups excluding tert-OH is 1. The van der Waals surface area contributed by atoms with Crippen LogP contribution in [0.3, 0.4) is 0 Å². The second-order valence-electron chi connectivity index (χ2n) is 4.36. The fourth-order valence-electron chi connectivity index (χ4n) is 1.57. The molecule has 0 aromatic heterocycles. The van der Waals surface area contributed by atoms with Crippen LogP contribution in [-0.4, -0.2) is 51.1 Å². The van der Waals surface area contributed by atoms with Gasteiger partial charge in [0.05, 0.1) is 19.8 Å². The predicted molar refractivity (Wildman–Crippen MR) is 74.1 cm³/mol. The van der Waals surface area contributed by atoms with Crippen molar-refractivity contribution in [2.75, 3.05) is 34.0 Å². The van der Waals surface area contributed by atoms with Crippen molar-refractivity contribution < 1.29 is 24.1 Å². The second-order valence-corrected chi connectivity index (χ2v) is 4.36. The van der Waals surface area contributed by atoms with Gasteiger partial charge in [-0.25, -0.2) is 0 Å². The minimum Gasteiger partial charge on any atom is -0.493 e. The first-order valence-electron chi connectivity index (χ1n) is 6.28. The van der Waals surface area contributed by atoms with Gasteiger partial charge >= 0.3 is 0 Å². The van der Waals surface area contributed by atoms with Crippen LogP contribution in [0, 0.1) is 6.92 Å². The van der Waals surface area contributed by atoms with E-state index in [9.17, 15) is 9.90 Å². The van der Waals surface area contributed by atoms with Crippen molar-refractivity contribution in [3.8, 4) is 11.5 Å². The number of rotatable bonds is 8. The maximum atomic E-state index is 11.6. The molecule has 0 fully saturated rings. The summed E-state index contributed by atoms with van der Waals surface area (Å²) in [6.07, 6.45) is -0.724. The Hall–Kier alpha value is -1.79. The minimum atomic E-state index is -0.724. The number of ether oxygens (including phenoxy) is 3. The van der Waals surface area contributed by atoms with Crippen LogP contribution in [-0.2, 0) is 9.53 Å². The molecule has 2 N–H and O–H groups in total. The number of aryl methyl sites for hydroxylation is 1. The van der Waals surface area contributed by atoms with Crippen molar-refractivity contribution in [3.05, 3.63) is 23.8 Å². The number of methoxy groups -OCH3 is 2. The molecule has 1 unspecified atom stereocenters. The molecule has 1 amide bonds. The van der Waals surface area contributed by atoms with Crippen molar-refractivity contribution in [1.29, 1.82) is 0 Å². The number of aliphatic hydroxyl groups is 1. The maximum absolute atomic E-state index is 11.6. The van der Waals surface area contributed by atoms with Crippen LogP contribution < -0.4 is 14.8 Å². The van der Waals surface area contributed by atoms with E-state index >= 15 is 0 Å².